The van der Waals surface area contributed by atoms with Gasteiger partial charge in [-0.15, -0.1) is 0 Å². The maximum Gasteiger partial charge on any atom is 0.234 e. The number of nitrogens with two attached hydrogens (primary N) is 1. The average Bonchev–Trinajstić information content (AvgIpc) is 2.65. The van der Waals surface area contributed by atoms with Crippen molar-refractivity contribution in [2.24, 2.45) is 5.73 Å². The van der Waals surface area contributed by atoms with Gasteiger partial charge in [0, 0.05) is 12.1 Å². The van der Waals surface area contributed by atoms with Gasteiger partial charge in [0.15, 0.2) is 5.82 Å². The molecule has 5 nitrogen and oxygen atoms in total. The SMILES string of the molecule is CCCOCc1noc(C(C)(C)C(C)(C)N)n1. The van der Waals surface area contributed by atoms with Gasteiger partial charge in [-0.05, 0) is 34.1 Å². The molecule has 1 aromatic rings. The molecule has 0 aliphatic rings. The molecule has 0 spiro atoms. The van der Waals surface area contributed by atoms with Crippen LogP contribution >= 0.6 is 0 Å². The zero-order valence-electron chi connectivity index (χ0n) is 11.4. The highest BCUT2D eigenvalue weighted by atomic mass is 16.5. The van der Waals surface area contributed by atoms with Gasteiger partial charge >= 0.3 is 0 Å². The van der Waals surface area contributed by atoms with Gasteiger partial charge < -0.3 is 15.0 Å². The molecule has 1 heterocycles. The molecule has 1 rings (SSSR count). The van der Waals surface area contributed by atoms with Gasteiger partial charge in [-0.25, -0.2) is 0 Å². The first-order chi connectivity index (χ1) is 7.79. The van der Waals surface area contributed by atoms with Crippen molar-refractivity contribution in [3.63, 3.8) is 0 Å². The van der Waals surface area contributed by atoms with E-state index in [4.69, 9.17) is 15.0 Å². The predicted octanol–water partition coefficient (Wildman–Crippen LogP) is 2.01. The molecule has 0 fully saturated rings. The van der Waals surface area contributed by atoms with Crippen molar-refractivity contribution in [1.29, 1.82) is 0 Å². The largest absolute Gasteiger partial charge is 0.373 e. The highest BCUT2D eigenvalue weighted by Crippen LogP contribution is 2.31. The Morgan fingerprint density at radius 3 is 2.47 bits per heavy atom. The smallest absolute Gasteiger partial charge is 0.234 e. The number of aromatic nitrogens is 2. The lowest BCUT2D eigenvalue weighted by Crippen LogP contribution is -2.50. The monoisotopic (exact) mass is 241 g/mol. The molecule has 0 aromatic carbocycles. The Labute approximate surface area is 103 Å². The normalized spacial score (nSPS) is 13.1. The highest BCUT2D eigenvalue weighted by molar-refractivity contribution is 5.10. The van der Waals surface area contributed by atoms with Crippen molar-refractivity contribution < 1.29 is 9.26 Å². The molecule has 0 aliphatic heterocycles. The van der Waals surface area contributed by atoms with E-state index in [1.807, 2.05) is 27.7 Å². The Morgan fingerprint density at radius 1 is 1.29 bits per heavy atom. The molecular weight excluding hydrogens is 218 g/mol. The maximum atomic E-state index is 6.12. The minimum absolute atomic E-state index is 0.372. The van der Waals surface area contributed by atoms with Crippen LogP contribution in [0.2, 0.25) is 0 Å². The summed E-state index contributed by atoms with van der Waals surface area (Å²) in [7, 11) is 0. The zero-order chi connectivity index (χ0) is 13.1. The first-order valence-electron chi connectivity index (χ1n) is 5.98. The molecule has 1 aromatic heterocycles. The molecule has 0 unspecified atom stereocenters. The summed E-state index contributed by atoms with van der Waals surface area (Å²) in [4.78, 5) is 4.34. The van der Waals surface area contributed by atoms with E-state index in [9.17, 15) is 0 Å². The first-order valence-corrected chi connectivity index (χ1v) is 5.98. The molecule has 0 bridgehead atoms. The Morgan fingerprint density at radius 2 is 1.94 bits per heavy atom. The lowest BCUT2D eigenvalue weighted by atomic mass is 9.75. The van der Waals surface area contributed by atoms with Crippen LogP contribution in [0.5, 0.6) is 0 Å². The fourth-order valence-corrected chi connectivity index (χ4v) is 1.15. The second kappa shape index (κ2) is 5.14. The Bertz CT molecular complexity index is 353. The molecule has 98 valence electrons. The number of ether oxygens (including phenoxy) is 1. The van der Waals surface area contributed by atoms with E-state index < -0.39 is 5.54 Å². The Balaban J connectivity index is 2.74. The first kappa shape index (κ1) is 14.1. The van der Waals surface area contributed by atoms with Gasteiger partial charge in [0.05, 0.1) is 5.41 Å². The van der Waals surface area contributed by atoms with Gasteiger partial charge in [-0.1, -0.05) is 12.1 Å². The van der Waals surface area contributed by atoms with Crippen molar-refractivity contribution in [2.75, 3.05) is 6.61 Å². The summed E-state index contributed by atoms with van der Waals surface area (Å²) < 4.78 is 10.6. The average molecular weight is 241 g/mol. The highest BCUT2D eigenvalue weighted by Gasteiger charge is 2.40. The van der Waals surface area contributed by atoms with Crippen molar-refractivity contribution in [3.8, 4) is 0 Å². The second-order valence-corrected chi connectivity index (χ2v) is 5.42. The Kier molecular flexibility index (Phi) is 4.27. The minimum Gasteiger partial charge on any atom is -0.373 e. The van der Waals surface area contributed by atoms with Crippen molar-refractivity contribution >= 4 is 0 Å². The summed E-state index contributed by atoms with van der Waals surface area (Å²) in [5.74, 6) is 1.13. The van der Waals surface area contributed by atoms with Gasteiger partial charge in [0.25, 0.3) is 0 Å². The van der Waals surface area contributed by atoms with Crippen molar-refractivity contribution in [3.05, 3.63) is 11.7 Å². The van der Waals surface area contributed by atoms with Crippen molar-refractivity contribution in [2.45, 2.75) is 58.6 Å². The molecule has 0 aliphatic carbocycles. The third-order valence-electron chi connectivity index (χ3n) is 3.19. The molecule has 0 amide bonds. The molecule has 2 N–H and O–H groups in total. The van der Waals surface area contributed by atoms with Crippen LogP contribution in [0, 0.1) is 0 Å². The summed E-state index contributed by atoms with van der Waals surface area (Å²) in [6.45, 7) is 11.0. The van der Waals surface area contributed by atoms with E-state index in [2.05, 4.69) is 17.1 Å². The van der Waals surface area contributed by atoms with Crippen LogP contribution in [0.25, 0.3) is 0 Å². The maximum absolute atomic E-state index is 6.12. The van der Waals surface area contributed by atoms with Crippen LogP contribution in [0.4, 0.5) is 0 Å². The fourth-order valence-electron chi connectivity index (χ4n) is 1.15. The zero-order valence-corrected chi connectivity index (χ0v) is 11.4. The molecule has 0 saturated heterocycles. The Hall–Kier alpha value is -0.940. The van der Waals surface area contributed by atoms with E-state index in [0.29, 0.717) is 24.9 Å². The lowest BCUT2D eigenvalue weighted by Gasteiger charge is -2.34. The fraction of sp³-hybridized carbons (Fsp3) is 0.833. The second-order valence-electron chi connectivity index (χ2n) is 5.42. The lowest BCUT2D eigenvalue weighted by molar-refractivity contribution is 0.114. The van der Waals surface area contributed by atoms with E-state index in [1.165, 1.54) is 0 Å². The third kappa shape index (κ3) is 3.26. The van der Waals surface area contributed by atoms with E-state index in [0.717, 1.165) is 6.42 Å². The van der Waals surface area contributed by atoms with E-state index >= 15 is 0 Å². The number of hydrogen-bond acceptors (Lipinski definition) is 5. The summed E-state index contributed by atoms with van der Waals surface area (Å²) >= 11 is 0. The van der Waals surface area contributed by atoms with E-state index in [-0.39, 0.29) is 5.41 Å². The van der Waals surface area contributed by atoms with Crippen LogP contribution in [-0.4, -0.2) is 22.3 Å². The van der Waals surface area contributed by atoms with Crippen LogP contribution < -0.4 is 5.73 Å². The van der Waals surface area contributed by atoms with Crippen LogP contribution in [0.15, 0.2) is 4.52 Å². The summed E-state index contributed by atoms with van der Waals surface area (Å²) in [5.41, 5.74) is 5.32. The van der Waals surface area contributed by atoms with Crippen LogP contribution in [0.1, 0.15) is 52.8 Å². The van der Waals surface area contributed by atoms with Crippen molar-refractivity contribution in [1.82, 2.24) is 10.1 Å². The number of hydrogen-bond donors (Lipinski definition) is 1. The van der Waals surface area contributed by atoms with Gasteiger partial charge in [-0.3, -0.25) is 0 Å². The summed E-state index contributed by atoms with van der Waals surface area (Å²) in [6, 6.07) is 0. The predicted molar refractivity (Wildman–Crippen MR) is 65.5 cm³/mol. The molecule has 0 atom stereocenters. The number of rotatable bonds is 6. The molecule has 17 heavy (non-hydrogen) atoms. The molecular formula is C12H23N3O2. The van der Waals surface area contributed by atoms with Gasteiger partial charge in [-0.2, -0.15) is 4.98 Å². The molecule has 5 heteroatoms. The molecule has 0 radical (unpaired) electrons. The molecule has 0 saturated carbocycles. The van der Waals surface area contributed by atoms with Gasteiger partial charge in [0.1, 0.15) is 6.61 Å². The van der Waals surface area contributed by atoms with E-state index in [1.54, 1.807) is 0 Å². The van der Waals surface area contributed by atoms with Gasteiger partial charge in [0.2, 0.25) is 5.89 Å². The van der Waals surface area contributed by atoms with Crippen LogP contribution in [-0.2, 0) is 16.8 Å². The summed E-state index contributed by atoms with van der Waals surface area (Å²) in [6.07, 6.45) is 0.978. The topological polar surface area (TPSA) is 74.2 Å². The summed E-state index contributed by atoms with van der Waals surface area (Å²) in [5, 5.41) is 3.90. The van der Waals surface area contributed by atoms with Crippen LogP contribution in [0.3, 0.4) is 0 Å². The third-order valence-corrected chi connectivity index (χ3v) is 3.19. The quantitative estimate of drug-likeness (QED) is 0.771. The number of nitrogens with zero attached hydrogens (tertiary/aromatic N) is 2. The standard InChI is InChI=1S/C12H23N3O2/c1-6-7-16-8-9-14-10(17-15-9)11(2,3)12(4,5)13/h6-8,13H2,1-5H3. The minimum atomic E-state index is -0.429.